The molecular weight excluding hydrogens is 396 g/mol. The van der Waals surface area contributed by atoms with Crippen molar-refractivity contribution < 1.29 is 14.3 Å². The van der Waals surface area contributed by atoms with E-state index in [4.69, 9.17) is 9.47 Å². The number of ether oxygens (including phenoxy) is 2. The minimum Gasteiger partial charge on any atom is -0.493 e. The van der Waals surface area contributed by atoms with E-state index < -0.39 is 5.97 Å². The van der Waals surface area contributed by atoms with Gasteiger partial charge in [-0.15, -0.1) is 23.5 Å². The molecule has 1 aliphatic rings. The Morgan fingerprint density at radius 2 is 1.82 bits per heavy atom. The van der Waals surface area contributed by atoms with Gasteiger partial charge in [-0.3, -0.25) is 4.79 Å². The number of fused-ring (bicyclic) bond motifs is 1. The van der Waals surface area contributed by atoms with Crippen LogP contribution in [0.2, 0.25) is 0 Å². The van der Waals surface area contributed by atoms with Crippen LogP contribution in [0.25, 0.3) is 10.8 Å². The smallest absolute Gasteiger partial charge is 0.364 e. The fourth-order valence-electron chi connectivity index (χ4n) is 3.06. The maximum atomic E-state index is 12.8. The van der Waals surface area contributed by atoms with E-state index in [0.29, 0.717) is 26.9 Å². The molecular formula is C20H18N2O4S2. The third-order valence-corrected chi connectivity index (χ3v) is 7.54. The summed E-state index contributed by atoms with van der Waals surface area (Å²) in [7, 11) is 3.06. The Bertz CT molecular complexity index is 1110. The number of thioether (sulfide) groups is 2. The van der Waals surface area contributed by atoms with E-state index in [1.165, 1.54) is 7.05 Å². The van der Waals surface area contributed by atoms with Crippen LogP contribution in [0.3, 0.4) is 0 Å². The first kappa shape index (κ1) is 18.9. The SMILES string of the molecule is COc1cc(C2SCCS2)ccc1OC(=O)c1nn(C)c(=O)c2ccccc12. The van der Waals surface area contributed by atoms with Crippen molar-refractivity contribution in [3.8, 4) is 11.5 Å². The Morgan fingerprint density at radius 1 is 1.11 bits per heavy atom. The standard InChI is InChI=1S/C20H18N2O4S2/c1-22-18(23)14-6-4-3-5-13(14)17(21-22)19(24)26-15-8-7-12(11-16(15)25-2)20-27-9-10-28-20/h3-8,11,20H,9-10H2,1-2H3. The summed E-state index contributed by atoms with van der Waals surface area (Å²) in [6.07, 6.45) is 0. The highest BCUT2D eigenvalue weighted by Crippen LogP contribution is 2.47. The van der Waals surface area contributed by atoms with E-state index in [1.54, 1.807) is 37.4 Å². The zero-order valence-electron chi connectivity index (χ0n) is 15.4. The number of rotatable bonds is 4. The highest BCUT2D eigenvalue weighted by atomic mass is 32.2. The van der Waals surface area contributed by atoms with Crippen LogP contribution in [0.4, 0.5) is 0 Å². The molecule has 0 atom stereocenters. The molecule has 4 rings (SSSR count). The van der Waals surface area contributed by atoms with Crippen LogP contribution in [0, 0.1) is 0 Å². The molecule has 6 nitrogen and oxygen atoms in total. The molecule has 0 radical (unpaired) electrons. The summed E-state index contributed by atoms with van der Waals surface area (Å²) in [5.41, 5.74) is 0.959. The van der Waals surface area contributed by atoms with E-state index in [1.807, 2.05) is 35.7 Å². The summed E-state index contributed by atoms with van der Waals surface area (Å²) in [4.78, 5) is 25.1. The van der Waals surface area contributed by atoms with Gasteiger partial charge in [-0.05, 0) is 23.8 Å². The first-order chi connectivity index (χ1) is 13.6. The number of esters is 1. The molecule has 2 heterocycles. The van der Waals surface area contributed by atoms with E-state index in [-0.39, 0.29) is 11.3 Å². The lowest BCUT2D eigenvalue weighted by atomic mass is 10.1. The van der Waals surface area contributed by atoms with Gasteiger partial charge >= 0.3 is 5.97 Å². The molecule has 0 saturated carbocycles. The minimum absolute atomic E-state index is 0.0886. The molecule has 8 heteroatoms. The van der Waals surface area contributed by atoms with Crippen LogP contribution >= 0.6 is 23.5 Å². The second-order valence-electron chi connectivity index (χ2n) is 6.20. The van der Waals surface area contributed by atoms with Crippen molar-refractivity contribution >= 4 is 40.3 Å². The molecule has 144 valence electrons. The molecule has 0 unspecified atom stereocenters. The number of methoxy groups -OCH3 is 1. The summed E-state index contributed by atoms with van der Waals surface area (Å²) >= 11 is 3.79. The molecule has 0 amide bonds. The van der Waals surface area contributed by atoms with Gasteiger partial charge in [0.2, 0.25) is 0 Å². The van der Waals surface area contributed by atoms with Crippen molar-refractivity contribution in [3.05, 3.63) is 64.1 Å². The van der Waals surface area contributed by atoms with Crippen LogP contribution < -0.4 is 15.0 Å². The van der Waals surface area contributed by atoms with Crippen molar-refractivity contribution in [1.29, 1.82) is 0 Å². The molecule has 0 bridgehead atoms. The average molecular weight is 415 g/mol. The van der Waals surface area contributed by atoms with E-state index in [9.17, 15) is 9.59 Å². The van der Waals surface area contributed by atoms with Crippen LogP contribution in [0.5, 0.6) is 11.5 Å². The van der Waals surface area contributed by atoms with Crippen molar-refractivity contribution in [2.75, 3.05) is 18.6 Å². The molecule has 1 aliphatic heterocycles. The van der Waals surface area contributed by atoms with E-state index in [2.05, 4.69) is 5.10 Å². The quantitative estimate of drug-likeness (QED) is 0.477. The zero-order chi connectivity index (χ0) is 19.7. The first-order valence-electron chi connectivity index (χ1n) is 8.68. The average Bonchev–Trinajstić information content (AvgIpc) is 3.26. The molecule has 2 aromatic carbocycles. The highest BCUT2D eigenvalue weighted by Gasteiger charge is 2.22. The second kappa shape index (κ2) is 7.89. The predicted octanol–water partition coefficient (Wildman–Crippen LogP) is 3.64. The Labute approximate surface area is 170 Å². The minimum atomic E-state index is -0.637. The molecule has 0 N–H and O–H groups in total. The van der Waals surface area contributed by atoms with Crippen LogP contribution in [0.15, 0.2) is 47.3 Å². The largest absolute Gasteiger partial charge is 0.493 e. The van der Waals surface area contributed by atoms with Gasteiger partial charge in [-0.25, -0.2) is 9.48 Å². The molecule has 0 aliphatic carbocycles. The Morgan fingerprint density at radius 3 is 2.54 bits per heavy atom. The van der Waals surface area contributed by atoms with Gasteiger partial charge in [0.15, 0.2) is 17.2 Å². The summed E-state index contributed by atoms with van der Waals surface area (Å²) in [6, 6.07) is 12.5. The molecule has 1 fully saturated rings. The predicted molar refractivity (Wildman–Crippen MR) is 113 cm³/mol. The van der Waals surface area contributed by atoms with Crippen LogP contribution in [-0.4, -0.2) is 34.4 Å². The lowest BCUT2D eigenvalue weighted by Gasteiger charge is -2.14. The van der Waals surface area contributed by atoms with Gasteiger partial charge in [-0.1, -0.05) is 24.3 Å². The number of carbonyl (C=O) groups excluding carboxylic acids is 1. The van der Waals surface area contributed by atoms with Crippen molar-refractivity contribution in [2.45, 2.75) is 4.58 Å². The molecule has 3 aromatic rings. The third-order valence-electron chi connectivity index (χ3n) is 4.43. The lowest BCUT2D eigenvalue weighted by Crippen LogP contribution is -2.24. The maximum absolute atomic E-state index is 12.8. The number of aryl methyl sites for hydroxylation is 1. The van der Waals surface area contributed by atoms with Gasteiger partial charge in [0.05, 0.1) is 17.1 Å². The van der Waals surface area contributed by atoms with Gasteiger partial charge < -0.3 is 9.47 Å². The van der Waals surface area contributed by atoms with Crippen molar-refractivity contribution in [1.82, 2.24) is 9.78 Å². The number of benzene rings is 2. The molecule has 1 saturated heterocycles. The van der Waals surface area contributed by atoms with Gasteiger partial charge in [-0.2, -0.15) is 5.10 Å². The Kier molecular flexibility index (Phi) is 5.32. The monoisotopic (exact) mass is 414 g/mol. The first-order valence-corrected chi connectivity index (χ1v) is 10.8. The van der Waals surface area contributed by atoms with Crippen LogP contribution in [-0.2, 0) is 7.05 Å². The Balaban J connectivity index is 1.68. The number of aromatic nitrogens is 2. The molecule has 1 aromatic heterocycles. The number of nitrogens with zero attached hydrogens (tertiary/aromatic N) is 2. The number of hydrogen-bond donors (Lipinski definition) is 0. The van der Waals surface area contributed by atoms with Gasteiger partial charge in [0.25, 0.3) is 5.56 Å². The van der Waals surface area contributed by atoms with Crippen molar-refractivity contribution in [2.24, 2.45) is 7.05 Å². The summed E-state index contributed by atoms with van der Waals surface area (Å²) in [5, 5.41) is 5.00. The summed E-state index contributed by atoms with van der Waals surface area (Å²) < 4.78 is 12.5. The third kappa shape index (κ3) is 3.49. The van der Waals surface area contributed by atoms with Crippen molar-refractivity contribution in [3.63, 3.8) is 0 Å². The number of carbonyl (C=O) groups is 1. The zero-order valence-corrected chi connectivity index (χ0v) is 17.0. The fraction of sp³-hybridized carbons (Fsp3) is 0.250. The maximum Gasteiger partial charge on any atom is 0.364 e. The highest BCUT2D eigenvalue weighted by molar-refractivity contribution is 8.19. The normalized spacial score (nSPS) is 14.4. The molecule has 0 spiro atoms. The van der Waals surface area contributed by atoms with Gasteiger partial charge in [0.1, 0.15) is 0 Å². The lowest BCUT2D eigenvalue weighted by molar-refractivity contribution is 0.0723. The second-order valence-corrected chi connectivity index (χ2v) is 8.92. The topological polar surface area (TPSA) is 70.4 Å². The summed E-state index contributed by atoms with van der Waals surface area (Å²) in [6.45, 7) is 0. The summed E-state index contributed by atoms with van der Waals surface area (Å²) in [5.74, 6) is 2.43. The number of hydrogen-bond acceptors (Lipinski definition) is 7. The Hall–Kier alpha value is -2.45. The fourth-order valence-corrected chi connectivity index (χ4v) is 5.90. The van der Waals surface area contributed by atoms with E-state index >= 15 is 0 Å². The van der Waals surface area contributed by atoms with E-state index in [0.717, 1.165) is 21.8 Å². The van der Waals surface area contributed by atoms with Gasteiger partial charge in [0, 0.05) is 23.9 Å². The van der Waals surface area contributed by atoms with Crippen LogP contribution in [0.1, 0.15) is 20.6 Å². The molecule has 28 heavy (non-hydrogen) atoms.